The highest BCUT2D eigenvalue weighted by molar-refractivity contribution is 8.00. The van der Waals surface area contributed by atoms with E-state index in [1.54, 1.807) is 7.11 Å². The highest BCUT2D eigenvalue weighted by Crippen LogP contribution is 2.25. The number of H-pyrrole nitrogens is 1. The highest BCUT2D eigenvalue weighted by atomic mass is 32.2. The number of carbonyl (C=O) groups excluding carboxylic acids is 1. The van der Waals surface area contributed by atoms with Gasteiger partial charge in [-0.2, -0.15) is 0 Å². The molecule has 0 radical (unpaired) electrons. The molecule has 6 nitrogen and oxygen atoms in total. The molecule has 1 amide bonds. The number of carbonyl (C=O) groups is 1. The molecule has 0 saturated carbocycles. The third kappa shape index (κ3) is 4.41. The van der Waals surface area contributed by atoms with Gasteiger partial charge in [0.2, 0.25) is 11.1 Å². The Labute approximate surface area is 172 Å². The molecule has 4 aromatic rings. The van der Waals surface area contributed by atoms with Crippen molar-refractivity contribution >= 4 is 34.1 Å². The summed E-state index contributed by atoms with van der Waals surface area (Å²) in [6, 6.07) is 21.5. The number of ether oxygens (including phenoxy) is 1. The van der Waals surface area contributed by atoms with Crippen molar-refractivity contribution in [2.75, 3.05) is 12.4 Å². The van der Waals surface area contributed by atoms with E-state index in [0.29, 0.717) is 11.0 Å². The molecule has 146 valence electrons. The Hall–Kier alpha value is -3.32. The maximum absolute atomic E-state index is 12.6. The molecule has 2 N–H and O–H groups in total. The smallest absolute Gasteiger partial charge is 0.237 e. The number of hydrogen-bond donors (Lipinski definition) is 2. The molecule has 0 fully saturated rings. The first-order valence-electron chi connectivity index (χ1n) is 9.15. The standard InChI is InChI=1S/C22H20N4O2S/c1-14(21(27)23-18-10-7-15-5-3-4-6-17(15)13-18)29-22-24-20(25-26-22)16-8-11-19(28-2)12-9-16/h3-14H,1-2H3,(H,23,27)(H,24,25,26)/t14-/m0/s1. The number of methoxy groups -OCH3 is 1. The summed E-state index contributed by atoms with van der Waals surface area (Å²) in [6.45, 7) is 1.84. The number of benzene rings is 3. The normalized spacial score (nSPS) is 11.9. The van der Waals surface area contributed by atoms with Gasteiger partial charge in [0.15, 0.2) is 5.82 Å². The number of hydrogen-bond acceptors (Lipinski definition) is 5. The van der Waals surface area contributed by atoms with Gasteiger partial charge in [-0.15, -0.1) is 5.10 Å². The summed E-state index contributed by atoms with van der Waals surface area (Å²) in [7, 11) is 1.63. The number of aromatic amines is 1. The monoisotopic (exact) mass is 404 g/mol. The van der Waals surface area contributed by atoms with Crippen molar-refractivity contribution in [3.05, 3.63) is 66.7 Å². The van der Waals surface area contributed by atoms with Crippen LogP contribution in [0.5, 0.6) is 5.75 Å². The number of aromatic nitrogens is 3. The van der Waals surface area contributed by atoms with Crippen molar-refractivity contribution in [1.82, 2.24) is 15.2 Å². The molecule has 0 spiro atoms. The van der Waals surface area contributed by atoms with E-state index < -0.39 is 0 Å². The van der Waals surface area contributed by atoms with Crippen molar-refractivity contribution in [1.29, 1.82) is 0 Å². The zero-order valence-corrected chi connectivity index (χ0v) is 16.9. The van der Waals surface area contributed by atoms with E-state index in [-0.39, 0.29) is 11.2 Å². The van der Waals surface area contributed by atoms with Gasteiger partial charge in [0, 0.05) is 11.3 Å². The van der Waals surface area contributed by atoms with Gasteiger partial charge >= 0.3 is 0 Å². The Kier molecular flexibility index (Phi) is 5.48. The molecular formula is C22H20N4O2S. The lowest BCUT2D eigenvalue weighted by Crippen LogP contribution is -2.22. The van der Waals surface area contributed by atoms with Crippen LogP contribution in [0.2, 0.25) is 0 Å². The van der Waals surface area contributed by atoms with Crippen LogP contribution in [0.25, 0.3) is 22.2 Å². The fourth-order valence-corrected chi connectivity index (χ4v) is 3.62. The third-order valence-electron chi connectivity index (χ3n) is 4.50. The van der Waals surface area contributed by atoms with Gasteiger partial charge in [-0.3, -0.25) is 9.89 Å². The number of amides is 1. The van der Waals surface area contributed by atoms with Crippen molar-refractivity contribution in [3.8, 4) is 17.1 Å². The molecule has 4 rings (SSSR count). The molecule has 3 aromatic carbocycles. The van der Waals surface area contributed by atoms with Gasteiger partial charge in [0.25, 0.3) is 0 Å². The first-order valence-corrected chi connectivity index (χ1v) is 10.0. The van der Waals surface area contributed by atoms with Crippen LogP contribution in [-0.4, -0.2) is 33.4 Å². The number of fused-ring (bicyclic) bond motifs is 1. The van der Waals surface area contributed by atoms with E-state index in [9.17, 15) is 4.79 Å². The Morgan fingerprint density at radius 1 is 1.07 bits per heavy atom. The van der Waals surface area contributed by atoms with Gasteiger partial charge in [-0.1, -0.05) is 42.1 Å². The van der Waals surface area contributed by atoms with Crippen molar-refractivity contribution in [2.45, 2.75) is 17.3 Å². The fourth-order valence-electron chi connectivity index (χ4n) is 2.90. The summed E-state index contributed by atoms with van der Waals surface area (Å²) in [5.74, 6) is 1.33. The molecule has 1 heterocycles. The maximum atomic E-state index is 12.6. The number of nitrogens with zero attached hydrogens (tertiary/aromatic N) is 2. The SMILES string of the molecule is COc1ccc(-c2nc(S[C@@H](C)C(=O)Nc3ccc4ccccc4c3)n[nH]2)cc1. The number of nitrogens with one attached hydrogen (secondary N) is 2. The molecule has 29 heavy (non-hydrogen) atoms. The summed E-state index contributed by atoms with van der Waals surface area (Å²) in [4.78, 5) is 17.1. The largest absolute Gasteiger partial charge is 0.497 e. The summed E-state index contributed by atoms with van der Waals surface area (Å²) in [6.07, 6.45) is 0. The number of anilines is 1. The second-order valence-corrected chi connectivity index (χ2v) is 7.81. The van der Waals surface area contributed by atoms with Gasteiger partial charge in [0.05, 0.1) is 12.4 Å². The molecule has 1 atom stereocenters. The topological polar surface area (TPSA) is 79.9 Å². The first-order chi connectivity index (χ1) is 14.1. The van der Waals surface area contributed by atoms with Crippen LogP contribution in [-0.2, 0) is 4.79 Å². The van der Waals surface area contributed by atoms with Crippen LogP contribution < -0.4 is 10.1 Å². The molecule has 0 bridgehead atoms. The van der Waals surface area contributed by atoms with E-state index in [4.69, 9.17) is 4.74 Å². The highest BCUT2D eigenvalue weighted by Gasteiger charge is 2.18. The minimum absolute atomic E-state index is 0.0962. The van der Waals surface area contributed by atoms with Crippen LogP contribution in [0.3, 0.4) is 0 Å². The molecule has 0 saturated heterocycles. The average molecular weight is 404 g/mol. The minimum Gasteiger partial charge on any atom is -0.497 e. The molecule has 7 heteroatoms. The van der Waals surface area contributed by atoms with Crippen LogP contribution in [0.15, 0.2) is 71.9 Å². The Morgan fingerprint density at radius 3 is 2.59 bits per heavy atom. The maximum Gasteiger partial charge on any atom is 0.237 e. The van der Waals surface area contributed by atoms with E-state index in [1.807, 2.05) is 73.7 Å². The third-order valence-corrected chi connectivity index (χ3v) is 5.46. The zero-order chi connectivity index (χ0) is 20.2. The Bertz CT molecular complexity index is 1140. The van der Waals surface area contributed by atoms with Crippen LogP contribution in [0.4, 0.5) is 5.69 Å². The minimum atomic E-state index is -0.346. The lowest BCUT2D eigenvalue weighted by Gasteiger charge is -2.10. The van der Waals surface area contributed by atoms with Crippen LogP contribution in [0, 0.1) is 0 Å². The van der Waals surface area contributed by atoms with Gasteiger partial charge in [-0.25, -0.2) is 4.98 Å². The van der Waals surface area contributed by atoms with Crippen molar-refractivity contribution in [3.63, 3.8) is 0 Å². The quantitative estimate of drug-likeness (QED) is 0.453. The van der Waals surface area contributed by atoms with Gasteiger partial charge < -0.3 is 10.1 Å². The fraction of sp³-hybridized carbons (Fsp3) is 0.136. The predicted molar refractivity (Wildman–Crippen MR) is 116 cm³/mol. The lowest BCUT2D eigenvalue weighted by atomic mass is 10.1. The van der Waals surface area contributed by atoms with E-state index in [1.165, 1.54) is 11.8 Å². The Morgan fingerprint density at radius 2 is 1.83 bits per heavy atom. The summed E-state index contributed by atoms with van der Waals surface area (Å²) in [5, 5.41) is 12.5. The van der Waals surface area contributed by atoms with E-state index in [0.717, 1.165) is 27.8 Å². The van der Waals surface area contributed by atoms with Crippen LogP contribution in [0.1, 0.15) is 6.92 Å². The summed E-state index contributed by atoms with van der Waals surface area (Å²) >= 11 is 1.31. The molecule has 0 aliphatic carbocycles. The van der Waals surface area contributed by atoms with Gasteiger partial charge in [-0.05, 0) is 54.1 Å². The van der Waals surface area contributed by atoms with Crippen molar-refractivity contribution in [2.24, 2.45) is 0 Å². The van der Waals surface area contributed by atoms with Crippen LogP contribution >= 0.6 is 11.8 Å². The molecule has 0 aliphatic rings. The van der Waals surface area contributed by atoms with Gasteiger partial charge in [0.1, 0.15) is 5.75 Å². The number of thioether (sulfide) groups is 1. The van der Waals surface area contributed by atoms with E-state index in [2.05, 4.69) is 20.5 Å². The summed E-state index contributed by atoms with van der Waals surface area (Å²) < 4.78 is 5.17. The average Bonchev–Trinajstić information content (AvgIpc) is 3.22. The lowest BCUT2D eigenvalue weighted by molar-refractivity contribution is -0.115. The Balaban J connectivity index is 1.41. The summed E-state index contributed by atoms with van der Waals surface area (Å²) in [5.41, 5.74) is 1.67. The molecule has 0 aliphatic heterocycles. The molecule has 0 unspecified atom stereocenters. The second-order valence-electron chi connectivity index (χ2n) is 6.51. The van der Waals surface area contributed by atoms with Crippen molar-refractivity contribution < 1.29 is 9.53 Å². The predicted octanol–water partition coefficient (Wildman–Crippen LogP) is 4.75. The van der Waals surface area contributed by atoms with E-state index >= 15 is 0 Å². The second kappa shape index (κ2) is 8.36. The molecular weight excluding hydrogens is 384 g/mol. The number of rotatable bonds is 6. The first kappa shape index (κ1) is 19.0. The molecule has 1 aromatic heterocycles. The zero-order valence-electron chi connectivity index (χ0n) is 16.0.